The van der Waals surface area contributed by atoms with Crippen molar-refractivity contribution in [3.63, 3.8) is 0 Å². The third kappa shape index (κ3) is 2.85. The predicted molar refractivity (Wildman–Crippen MR) is 52.3 cm³/mol. The summed E-state index contributed by atoms with van der Waals surface area (Å²) in [4.78, 5) is 20.9. The smallest absolute Gasteiger partial charge is 0.336 e. The van der Waals surface area contributed by atoms with Crippen LogP contribution >= 0.6 is 0 Å². The zero-order chi connectivity index (χ0) is 9.14. The molecule has 0 aromatic heterocycles. The Hall–Kier alpha value is -1.92. The number of aromatic carboxylic acids is 2. The van der Waals surface area contributed by atoms with Gasteiger partial charge in [-0.25, -0.2) is 9.59 Å². The Labute approximate surface area is 80.3 Å². The molecule has 0 heterocycles. The minimum atomic E-state index is -1.23. The molecule has 0 amide bonds. The first-order valence-electron chi connectivity index (χ1n) is 3.18. The molecule has 10 N–H and O–H groups in total. The lowest BCUT2D eigenvalue weighted by Gasteiger charge is -1.98. The van der Waals surface area contributed by atoms with E-state index in [1.54, 1.807) is 0 Å². The van der Waals surface area contributed by atoms with Crippen molar-refractivity contribution in [1.29, 1.82) is 0 Å². The monoisotopic (exact) mass is 202 g/mol. The van der Waals surface area contributed by atoms with Crippen molar-refractivity contribution in [3.05, 3.63) is 35.4 Å². The normalized spacial score (nSPS) is 8.00. The van der Waals surface area contributed by atoms with Gasteiger partial charge in [0.05, 0.1) is 11.1 Å². The summed E-state index contributed by atoms with van der Waals surface area (Å²) >= 11 is 0. The van der Waals surface area contributed by atoms with Crippen LogP contribution in [0.15, 0.2) is 24.3 Å². The summed E-state index contributed by atoms with van der Waals surface area (Å²) in [6.07, 6.45) is 0. The molecule has 0 bridgehead atoms. The van der Waals surface area contributed by atoms with Gasteiger partial charge in [-0.05, 0) is 12.1 Å². The van der Waals surface area contributed by atoms with Crippen molar-refractivity contribution >= 4 is 11.9 Å². The lowest BCUT2D eigenvalue weighted by molar-refractivity contribution is 0.0651. The van der Waals surface area contributed by atoms with Crippen molar-refractivity contribution in [2.75, 3.05) is 0 Å². The van der Waals surface area contributed by atoms with Crippen molar-refractivity contribution in [3.8, 4) is 0 Å². The second kappa shape index (κ2) is 5.68. The quantitative estimate of drug-likeness (QED) is 0.578. The molecule has 0 aliphatic carbocycles. The first-order valence-corrected chi connectivity index (χ1v) is 3.18. The average Bonchev–Trinajstić information content (AvgIpc) is 2.04. The number of carboxylic acid groups (broad SMARTS) is 2. The largest absolute Gasteiger partial charge is 0.478 e. The van der Waals surface area contributed by atoms with Gasteiger partial charge in [0.15, 0.2) is 0 Å². The second-order valence-corrected chi connectivity index (χ2v) is 2.16. The van der Waals surface area contributed by atoms with Crippen LogP contribution in [0, 0.1) is 0 Å². The summed E-state index contributed by atoms with van der Waals surface area (Å²) in [6.45, 7) is 0. The van der Waals surface area contributed by atoms with Gasteiger partial charge in [-0.2, -0.15) is 0 Å². The zero-order valence-corrected chi connectivity index (χ0v) is 8.02. The molecule has 0 aliphatic rings. The van der Waals surface area contributed by atoms with Crippen LogP contribution in [0.2, 0.25) is 0 Å². The van der Waals surface area contributed by atoms with Crippen LogP contribution in [0.4, 0.5) is 0 Å². The van der Waals surface area contributed by atoms with E-state index in [1.165, 1.54) is 24.3 Å². The fourth-order valence-corrected chi connectivity index (χ4v) is 0.856. The summed E-state index contributed by atoms with van der Waals surface area (Å²) in [5, 5.41) is 17.1. The van der Waals surface area contributed by atoms with E-state index in [0.717, 1.165) is 0 Å². The molecule has 0 saturated heterocycles. The first kappa shape index (κ1) is 14.6. The molecular weight excluding hydrogens is 188 g/mol. The lowest BCUT2D eigenvalue weighted by atomic mass is 10.1. The molecule has 0 fully saturated rings. The summed E-state index contributed by atoms with van der Waals surface area (Å²) in [5.74, 6) is -2.46. The Balaban J connectivity index is 0. The Kier molecular flexibility index (Phi) is 5.92. The standard InChI is InChI=1S/C8H6O4.2H3N/c9-7(10)5-3-1-2-4-6(5)8(11)12;;/h1-4H,(H,9,10)(H,11,12);2*1H3/p+2. The second-order valence-electron chi connectivity index (χ2n) is 2.16. The Bertz CT molecular complexity index is 305. The molecule has 14 heavy (non-hydrogen) atoms. The third-order valence-electron chi connectivity index (χ3n) is 1.39. The van der Waals surface area contributed by atoms with E-state index < -0.39 is 11.9 Å². The van der Waals surface area contributed by atoms with Crippen LogP contribution in [0.1, 0.15) is 20.7 Å². The van der Waals surface area contributed by atoms with E-state index >= 15 is 0 Å². The minimum absolute atomic E-state index is 0. The van der Waals surface area contributed by atoms with Gasteiger partial charge in [-0.1, -0.05) is 12.1 Å². The Morgan fingerprint density at radius 1 is 0.857 bits per heavy atom. The van der Waals surface area contributed by atoms with Gasteiger partial charge in [-0.3, -0.25) is 0 Å². The highest BCUT2D eigenvalue weighted by Gasteiger charge is 2.13. The van der Waals surface area contributed by atoms with Gasteiger partial charge >= 0.3 is 11.9 Å². The molecule has 0 aliphatic heterocycles. The highest BCUT2D eigenvalue weighted by molar-refractivity contribution is 6.01. The Morgan fingerprint density at radius 2 is 1.14 bits per heavy atom. The van der Waals surface area contributed by atoms with E-state index in [-0.39, 0.29) is 23.4 Å². The molecule has 0 unspecified atom stereocenters. The van der Waals surface area contributed by atoms with Crippen molar-refractivity contribution in [2.24, 2.45) is 0 Å². The maximum atomic E-state index is 10.5. The fourth-order valence-electron chi connectivity index (χ4n) is 0.856. The highest BCUT2D eigenvalue weighted by atomic mass is 16.4. The molecule has 1 aromatic carbocycles. The molecular formula is C8H14N2O4+2. The van der Waals surface area contributed by atoms with Crippen molar-refractivity contribution < 1.29 is 19.8 Å². The maximum absolute atomic E-state index is 10.5. The van der Waals surface area contributed by atoms with Crippen molar-refractivity contribution in [1.82, 2.24) is 12.3 Å². The average molecular weight is 202 g/mol. The van der Waals surface area contributed by atoms with Crippen LogP contribution in [-0.4, -0.2) is 22.2 Å². The SMILES string of the molecule is O=C(O)c1ccccc1C(=O)O.[NH4+].[NH4+]. The van der Waals surface area contributed by atoms with E-state index in [2.05, 4.69) is 0 Å². The highest BCUT2D eigenvalue weighted by Crippen LogP contribution is 2.07. The Morgan fingerprint density at radius 3 is 1.36 bits per heavy atom. The van der Waals surface area contributed by atoms with Crippen LogP contribution in [0.5, 0.6) is 0 Å². The first-order chi connectivity index (χ1) is 5.63. The molecule has 0 spiro atoms. The fraction of sp³-hybridized carbons (Fsp3) is 0. The topological polar surface area (TPSA) is 148 Å². The van der Waals surface area contributed by atoms with Crippen LogP contribution in [-0.2, 0) is 0 Å². The van der Waals surface area contributed by atoms with E-state index in [9.17, 15) is 9.59 Å². The van der Waals surface area contributed by atoms with Crippen molar-refractivity contribution in [2.45, 2.75) is 0 Å². The van der Waals surface area contributed by atoms with Gasteiger partial charge in [0.25, 0.3) is 0 Å². The van der Waals surface area contributed by atoms with Gasteiger partial charge in [0, 0.05) is 0 Å². The molecule has 1 rings (SSSR count). The number of carbonyl (C=O) groups is 2. The third-order valence-corrected chi connectivity index (χ3v) is 1.39. The molecule has 0 saturated carbocycles. The maximum Gasteiger partial charge on any atom is 0.336 e. The van der Waals surface area contributed by atoms with Crippen LogP contribution in [0.3, 0.4) is 0 Å². The number of rotatable bonds is 2. The predicted octanol–water partition coefficient (Wildman–Crippen LogP) is 1.84. The van der Waals surface area contributed by atoms with Gasteiger partial charge in [0.1, 0.15) is 0 Å². The number of carboxylic acids is 2. The van der Waals surface area contributed by atoms with E-state index in [4.69, 9.17) is 10.2 Å². The van der Waals surface area contributed by atoms with Gasteiger partial charge in [0.2, 0.25) is 0 Å². The van der Waals surface area contributed by atoms with E-state index in [1.807, 2.05) is 0 Å². The number of hydrogen-bond acceptors (Lipinski definition) is 2. The van der Waals surface area contributed by atoms with E-state index in [0.29, 0.717) is 0 Å². The van der Waals surface area contributed by atoms with Crippen LogP contribution in [0.25, 0.3) is 0 Å². The molecule has 0 atom stereocenters. The molecule has 0 radical (unpaired) electrons. The zero-order valence-electron chi connectivity index (χ0n) is 8.02. The van der Waals surface area contributed by atoms with Gasteiger partial charge < -0.3 is 22.5 Å². The summed E-state index contributed by atoms with van der Waals surface area (Å²) in [7, 11) is 0. The molecule has 6 heteroatoms. The summed E-state index contributed by atoms with van der Waals surface area (Å²) in [6, 6.07) is 5.48. The number of hydrogen-bond donors (Lipinski definition) is 4. The number of benzene rings is 1. The summed E-state index contributed by atoms with van der Waals surface area (Å²) < 4.78 is 0. The lowest BCUT2D eigenvalue weighted by Crippen LogP contribution is -2.06. The van der Waals surface area contributed by atoms with Gasteiger partial charge in [-0.15, -0.1) is 0 Å². The number of quaternary nitrogens is 2. The molecule has 1 aromatic rings. The summed E-state index contributed by atoms with van der Waals surface area (Å²) in [5.41, 5.74) is -0.380. The molecule has 78 valence electrons. The van der Waals surface area contributed by atoms with Crippen LogP contribution < -0.4 is 12.3 Å². The molecule has 6 nitrogen and oxygen atoms in total. The minimum Gasteiger partial charge on any atom is -0.478 e.